The third-order valence-electron chi connectivity index (χ3n) is 5.07. The predicted octanol–water partition coefficient (Wildman–Crippen LogP) is 4.55. The van der Waals surface area contributed by atoms with E-state index >= 15 is 0 Å². The van der Waals surface area contributed by atoms with Gasteiger partial charge in [0.2, 0.25) is 5.91 Å². The maximum absolute atomic E-state index is 13.2. The summed E-state index contributed by atoms with van der Waals surface area (Å²) in [6, 6.07) is 9.22. The van der Waals surface area contributed by atoms with E-state index in [-0.39, 0.29) is 28.8 Å². The smallest absolute Gasteiger partial charge is 0.339 e. The molecular formula is C24H32FNO6S. The molecule has 0 aliphatic carbocycles. The zero-order valence-corrected chi connectivity index (χ0v) is 20.2. The minimum absolute atomic E-state index is 0.0126. The lowest BCUT2D eigenvalue weighted by atomic mass is 10.1. The Morgan fingerprint density at radius 3 is 2.36 bits per heavy atom. The molecule has 0 saturated carbocycles. The van der Waals surface area contributed by atoms with Gasteiger partial charge in [-0.3, -0.25) is 4.79 Å². The van der Waals surface area contributed by atoms with Crippen molar-refractivity contribution in [2.75, 3.05) is 27.4 Å². The predicted molar refractivity (Wildman–Crippen MR) is 123 cm³/mol. The number of carbonyl (C=O) groups is 1. The quantitative estimate of drug-likeness (QED) is 0.291. The molecule has 2 aromatic rings. The molecule has 33 heavy (non-hydrogen) atoms. The number of unbranched alkanes of at least 4 members (excludes halogenated alkanes) is 3. The fourth-order valence-electron chi connectivity index (χ4n) is 3.23. The van der Waals surface area contributed by atoms with E-state index in [1.54, 1.807) is 24.1 Å². The molecular weight excluding hydrogens is 449 g/mol. The number of methoxy groups -OCH3 is 2. The van der Waals surface area contributed by atoms with Crippen LogP contribution in [0, 0.1) is 5.82 Å². The topological polar surface area (TPSA) is 82.1 Å². The summed E-state index contributed by atoms with van der Waals surface area (Å²) in [5.41, 5.74) is 0.679. The van der Waals surface area contributed by atoms with Gasteiger partial charge in [0.25, 0.3) is 0 Å². The molecule has 0 bridgehead atoms. The van der Waals surface area contributed by atoms with Crippen LogP contribution in [0.1, 0.15) is 44.6 Å². The van der Waals surface area contributed by atoms with E-state index in [4.69, 9.17) is 13.7 Å². The van der Waals surface area contributed by atoms with Crippen LogP contribution < -0.4 is 8.92 Å². The second kappa shape index (κ2) is 13.2. The third-order valence-corrected chi connectivity index (χ3v) is 6.31. The van der Waals surface area contributed by atoms with Gasteiger partial charge in [0.15, 0.2) is 11.5 Å². The van der Waals surface area contributed by atoms with Gasteiger partial charge in [0.05, 0.1) is 13.7 Å². The molecule has 0 unspecified atom stereocenters. The Morgan fingerprint density at radius 2 is 1.73 bits per heavy atom. The first kappa shape index (κ1) is 26.6. The number of benzene rings is 2. The number of hydrogen-bond donors (Lipinski definition) is 0. The van der Waals surface area contributed by atoms with Gasteiger partial charge in [-0.1, -0.05) is 32.3 Å². The van der Waals surface area contributed by atoms with Crippen LogP contribution in [-0.4, -0.2) is 46.6 Å². The Bertz CT molecular complexity index is 995. The van der Waals surface area contributed by atoms with Crippen LogP contribution in [0.5, 0.6) is 11.5 Å². The largest absolute Gasteiger partial charge is 0.493 e. The van der Waals surface area contributed by atoms with E-state index in [0.717, 1.165) is 49.9 Å². The van der Waals surface area contributed by atoms with Crippen molar-refractivity contribution in [1.29, 1.82) is 0 Å². The number of hydrogen-bond acceptors (Lipinski definition) is 6. The van der Waals surface area contributed by atoms with E-state index in [9.17, 15) is 17.6 Å². The molecule has 2 rings (SSSR count). The summed E-state index contributed by atoms with van der Waals surface area (Å²) in [4.78, 5) is 14.3. The maximum Gasteiger partial charge on any atom is 0.339 e. The molecule has 0 saturated heterocycles. The lowest BCUT2D eigenvalue weighted by molar-refractivity contribution is -0.132. The minimum Gasteiger partial charge on any atom is -0.493 e. The molecule has 0 spiro atoms. The monoisotopic (exact) mass is 481 g/mol. The van der Waals surface area contributed by atoms with Crippen molar-refractivity contribution in [3.63, 3.8) is 0 Å². The molecule has 0 atom stereocenters. The number of carbonyl (C=O) groups excluding carboxylic acids is 1. The van der Waals surface area contributed by atoms with Crippen LogP contribution in [0.3, 0.4) is 0 Å². The van der Waals surface area contributed by atoms with E-state index in [2.05, 4.69) is 6.92 Å². The average Bonchev–Trinajstić information content (AvgIpc) is 2.79. The first-order valence-corrected chi connectivity index (χ1v) is 12.3. The molecule has 0 N–H and O–H groups in total. The van der Waals surface area contributed by atoms with Gasteiger partial charge < -0.3 is 18.6 Å². The first-order valence-electron chi connectivity index (χ1n) is 10.9. The second-order valence-corrected chi connectivity index (χ2v) is 9.14. The fraction of sp³-hybridized carbons (Fsp3) is 0.458. The molecule has 7 nitrogen and oxygen atoms in total. The molecule has 0 aromatic heterocycles. The molecule has 0 fully saturated rings. The Balaban J connectivity index is 2.21. The molecule has 2 aromatic carbocycles. The Hall–Kier alpha value is -2.65. The van der Waals surface area contributed by atoms with E-state index in [0.29, 0.717) is 25.1 Å². The van der Waals surface area contributed by atoms with E-state index in [1.165, 1.54) is 13.2 Å². The van der Waals surface area contributed by atoms with Crippen molar-refractivity contribution >= 4 is 16.0 Å². The van der Waals surface area contributed by atoms with E-state index in [1.807, 2.05) is 0 Å². The summed E-state index contributed by atoms with van der Waals surface area (Å²) in [7, 11) is -1.23. The maximum atomic E-state index is 13.2. The number of rotatable bonds is 14. The zero-order valence-electron chi connectivity index (χ0n) is 19.4. The molecule has 0 aliphatic rings. The molecule has 0 aliphatic heterocycles. The summed E-state index contributed by atoms with van der Waals surface area (Å²) in [5.74, 6) is -0.329. The summed E-state index contributed by atoms with van der Waals surface area (Å²) in [6.45, 7) is 3.19. The Morgan fingerprint density at radius 1 is 1.00 bits per heavy atom. The van der Waals surface area contributed by atoms with Gasteiger partial charge in [0.1, 0.15) is 10.7 Å². The number of amides is 1. The van der Waals surface area contributed by atoms with Gasteiger partial charge in [-0.25, -0.2) is 4.39 Å². The van der Waals surface area contributed by atoms with Crippen LogP contribution >= 0.6 is 0 Å². The van der Waals surface area contributed by atoms with E-state index < -0.39 is 15.9 Å². The van der Waals surface area contributed by atoms with Gasteiger partial charge >= 0.3 is 10.1 Å². The van der Waals surface area contributed by atoms with Crippen molar-refractivity contribution in [3.8, 4) is 11.5 Å². The lowest BCUT2D eigenvalue weighted by Gasteiger charge is -2.23. The van der Waals surface area contributed by atoms with Crippen molar-refractivity contribution in [1.82, 2.24) is 4.90 Å². The summed E-state index contributed by atoms with van der Waals surface area (Å²) >= 11 is 0. The second-order valence-electron chi connectivity index (χ2n) is 7.60. The summed E-state index contributed by atoms with van der Waals surface area (Å²) < 4.78 is 54.2. The number of halogens is 1. The first-order chi connectivity index (χ1) is 15.8. The van der Waals surface area contributed by atoms with Crippen molar-refractivity contribution in [2.24, 2.45) is 0 Å². The number of ether oxygens (including phenoxy) is 2. The van der Waals surface area contributed by atoms with Crippen LogP contribution in [0.25, 0.3) is 0 Å². The van der Waals surface area contributed by atoms with Gasteiger partial charge in [-0.2, -0.15) is 8.42 Å². The highest BCUT2D eigenvalue weighted by Gasteiger charge is 2.21. The molecule has 1 amide bonds. The Labute approximate surface area is 195 Å². The normalized spacial score (nSPS) is 11.3. The zero-order chi connectivity index (χ0) is 24.3. The molecule has 0 radical (unpaired) electrons. The fourth-order valence-corrected chi connectivity index (χ4v) is 4.16. The van der Waals surface area contributed by atoms with Gasteiger partial charge in [-0.15, -0.1) is 0 Å². The van der Waals surface area contributed by atoms with Crippen LogP contribution in [0.2, 0.25) is 0 Å². The third kappa shape index (κ3) is 8.33. The molecule has 182 valence electrons. The summed E-state index contributed by atoms with van der Waals surface area (Å²) in [6.07, 6.45) is 4.46. The lowest BCUT2D eigenvalue weighted by Crippen LogP contribution is -2.33. The number of nitrogens with zero attached hydrogens (tertiary/aromatic N) is 1. The van der Waals surface area contributed by atoms with Crippen LogP contribution in [0.4, 0.5) is 4.39 Å². The molecule has 9 heteroatoms. The SMILES string of the molecule is CCCCCCC(=O)N(CCOC)Cc1ccc(OC)c(OS(=O)(=O)c2ccc(F)cc2)c1. The average molecular weight is 482 g/mol. The van der Waals surface area contributed by atoms with Gasteiger partial charge in [-0.05, 0) is 48.4 Å². The Kier molecular flexibility index (Phi) is 10.6. The highest BCUT2D eigenvalue weighted by molar-refractivity contribution is 7.87. The van der Waals surface area contributed by atoms with Crippen molar-refractivity contribution in [3.05, 3.63) is 53.8 Å². The highest BCUT2D eigenvalue weighted by Crippen LogP contribution is 2.31. The van der Waals surface area contributed by atoms with Crippen molar-refractivity contribution < 1.29 is 31.3 Å². The van der Waals surface area contributed by atoms with Crippen LogP contribution in [-0.2, 0) is 26.2 Å². The van der Waals surface area contributed by atoms with Gasteiger partial charge in [0, 0.05) is 26.6 Å². The van der Waals surface area contributed by atoms with Crippen LogP contribution in [0.15, 0.2) is 47.4 Å². The minimum atomic E-state index is -4.20. The standard InChI is InChI=1S/C24H32FNO6S/c1-4-5-6-7-8-24(27)26(15-16-30-2)18-19-9-14-22(31-3)23(17-19)32-33(28,29)21-12-10-20(25)11-13-21/h9-14,17H,4-8,15-16,18H2,1-3H3. The highest BCUT2D eigenvalue weighted by atomic mass is 32.2. The van der Waals surface area contributed by atoms with Crippen molar-refractivity contribution in [2.45, 2.75) is 50.5 Å². The molecule has 0 heterocycles. The summed E-state index contributed by atoms with van der Waals surface area (Å²) in [5, 5.41) is 0.